The lowest BCUT2D eigenvalue weighted by Gasteiger charge is -2.17. The molecule has 0 saturated heterocycles. The summed E-state index contributed by atoms with van der Waals surface area (Å²) in [5.74, 6) is 0.875. The maximum atomic E-state index is 2.40. The van der Waals surface area contributed by atoms with Gasteiger partial charge in [-0.1, -0.05) is 63.3 Å². The van der Waals surface area contributed by atoms with E-state index < -0.39 is 0 Å². The van der Waals surface area contributed by atoms with Crippen LogP contribution in [-0.4, -0.2) is 0 Å². The Morgan fingerprint density at radius 3 is 2.57 bits per heavy atom. The van der Waals surface area contributed by atoms with Gasteiger partial charge in [0.15, 0.2) is 0 Å². The number of unbranched alkanes of at least 4 members (excludes halogenated alkanes) is 2. The Morgan fingerprint density at radius 1 is 1.07 bits per heavy atom. The molecule has 1 rings (SSSR count). The van der Waals surface area contributed by atoms with Gasteiger partial charge in [0.1, 0.15) is 0 Å². The Kier molecular flexibility index (Phi) is 6.47. The van der Waals surface area contributed by atoms with Gasteiger partial charge in [0, 0.05) is 0 Å². The van der Waals surface area contributed by atoms with Crippen molar-refractivity contribution in [3.63, 3.8) is 0 Å². The largest absolute Gasteiger partial charge is 0.0845 e. The summed E-state index contributed by atoms with van der Waals surface area (Å²) in [6, 6.07) is 0. The molecule has 0 atom stereocenters. The minimum Gasteiger partial charge on any atom is -0.0845 e. The lowest BCUT2D eigenvalue weighted by molar-refractivity contribution is 0.419. The molecule has 1 fully saturated rings. The minimum absolute atomic E-state index is 0.875. The van der Waals surface area contributed by atoms with E-state index in [-0.39, 0.29) is 0 Å². The molecule has 1 aliphatic rings. The van der Waals surface area contributed by atoms with Crippen molar-refractivity contribution in [1.29, 1.82) is 0 Å². The van der Waals surface area contributed by atoms with Crippen LogP contribution < -0.4 is 0 Å². The molecular formula is C14H24. The molecule has 0 aromatic heterocycles. The quantitative estimate of drug-likeness (QED) is 0.430. The highest BCUT2D eigenvalue weighted by Crippen LogP contribution is 2.24. The third kappa shape index (κ3) is 5.26. The standard InChI is InChI=1S/C14H24/c1-2-3-4-5-6-8-11-14-12-9-7-10-13-14/h5-6,8,11,14H,2-4,7,9-10,12-13H2,1H3. The summed E-state index contributed by atoms with van der Waals surface area (Å²) in [4.78, 5) is 0. The third-order valence-corrected chi connectivity index (χ3v) is 3.00. The molecule has 0 heteroatoms. The van der Waals surface area contributed by atoms with Gasteiger partial charge < -0.3 is 0 Å². The predicted octanol–water partition coefficient (Wildman–Crippen LogP) is 4.87. The van der Waals surface area contributed by atoms with Gasteiger partial charge in [-0.15, -0.1) is 0 Å². The number of allylic oxidation sites excluding steroid dienone is 4. The van der Waals surface area contributed by atoms with Gasteiger partial charge >= 0.3 is 0 Å². The molecule has 0 radical (unpaired) electrons. The van der Waals surface area contributed by atoms with Gasteiger partial charge in [0.2, 0.25) is 0 Å². The van der Waals surface area contributed by atoms with Crippen molar-refractivity contribution in [1.82, 2.24) is 0 Å². The van der Waals surface area contributed by atoms with Gasteiger partial charge in [-0.2, -0.15) is 0 Å². The fourth-order valence-electron chi connectivity index (χ4n) is 2.04. The monoisotopic (exact) mass is 192 g/mol. The molecular weight excluding hydrogens is 168 g/mol. The average Bonchev–Trinajstić information content (AvgIpc) is 2.25. The summed E-state index contributed by atoms with van der Waals surface area (Å²) in [5.41, 5.74) is 0. The molecule has 14 heavy (non-hydrogen) atoms. The van der Waals surface area contributed by atoms with Crippen LogP contribution in [-0.2, 0) is 0 Å². The summed E-state index contributed by atoms with van der Waals surface area (Å²) in [5, 5.41) is 0. The molecule has 80 valence electrons. The van der Waals surface area contributed by atoms with Crippen LogP contribution >= 0.6 is 0 Å². The van der Waals surface area contributed by atoms with E-state index in [9.17, 15) is 0 Å². The Labute approximate surface area is 89.1 Å². The second-order valence-corrected chi connectivity index (χ2v) is 4.35. The highest BCUT2D eigenvalue weighted by molar-refractivity contribution is 5.04. The van der Waals surface area contributed by atoms with Gasteiger partial charge in [-0.3, -0.25) is 0 Å². The molecule has 0 nitrogen and oxygen atoms in total. The second kappa shape index (κ2) is 7.84. The molecule has 0 amide bonds. The van der Waals surface area contributed by atoms with Crippen molar-refractivity contribution < 1.29 is 0 Å². The van der Waals surface area contributed by atoms with E-state index in [2.05, 4.69) is 31.2 Å². The average molecular weight is 192 g/mol. The van der Waals surface area contributed by atoms with E-state index in [1.54, 1.807) is 0 Å². The molecule has 1 saturated carbocycles. The first kappa shape index (κ1) is 11.6. The van der Waals surface area contributed by atoms with Crippen LogP contribution in [0.1, 0.15) is 58.3 Å². The Hall–Kier alpha value is -0.520. The zero-order valence-electron chi connectivity index (χ0n) is 9.54. The normalized spacial score (nSPS) is 19.8. The van der Waals surface area contributed by atoms with Crippen LogP contribution in [0, 0.1) is 5.92 Å². The summed E-state index contributed by atoms with van der Waals surface area (Å²) in [7, 11) is 0. The first-order valence-corrected chi connectivity index (χ1v) is 6.27. The van der Waals surface area contributed by atoms with Crippen LogP contribution in [0.5, 0.6) is 0 Å². The fraction of sp³-hybridized carbons (Fsp3) is 0.714. The van der Waals surface area contributed by atoms with E-state index in [1.165, 1.54) is 51.4 Å². The molecule has 0 N–H and O–H groups in total. The van der Waals surface area contributed by atoms with Crippen molar-refractivity contribution in [2.45, 2.75) is 58.3 Å². The molecule has 0 spiro atoms. The summed E-state index contributed by atoms with van der Waals surface area (Å²) < 4.78 is 0. The maximum absolute atomic E-state index is 2.40. The van der Waals surface area contributed by atoms with Crippen LogP contribution in [0.4, 0.5) is 0 Å². The van der Waals surface area contributed by atoms with E-state index in [0.29, 0.717) is 0 Å². The summed E-state index contributed by atoms with van der Waals surface area (Å²) in [6.45, 7) is 2.24. The molecule has 0 unspecified atom stereocenters. The maximum Gasteiger partial charge on any atom is -0.0230 e. The molecule has 0 aromatic rings. The van der Waals surface area contributed by atoms with E-state index in [4.69, 9.17) is 0 Å². The van der Waals surface area contributed by atoms with Crippen LogP contribution in [0.25, 0.3) is 0 Å². The van der Waals surface area contributed by atoms with Crippen LogP contribution in [0.15, 0.2) is 24.3 Å². The molecule has 0 bridgehead atoms. The molecule has 1 aliphatic carbocycles. The van der Waals surface area contributed by atoms with E-state index in [1.807, 2.05) is 0 Å². The van der Waals surface area contributed by atoms with Crippen LogP contribution in [0.3, 0.4) is 0 Å². The van der Waals surface area contributed by atoms with Crippen molar-refractivity contribution in [3.05, 3.63) is 24.3 Å². The molecule has 0 aromatic carbocycles. The fourth-order valence-corrected chi connectivity index (χ4v) is 2.04. The van der Waals surface area contributed by atoms with Crippen molar-refractivity contribution >= 4 is 0 Å². The number of hydrogen-bond donors (Lipinski definition) is 0. The van der Waals surface area contributed by atoms with Crippen molar-refractivity contribution in [3.8, 4) is 0 Å². The topological polar surface area (TPSA) is 0 Å². The van der Waals surface area contributed by atoms with E-state index in [0.717, 1.165) is 5.92 Å². The smallest absolute Gasteiger partial charge is 0.0230 e. The van der Waals surface area contributed by atoms with Gasteiger partial charge in [-0.05, 0) is 25.2 Å². The highest BCUT2D eigenvalue weighted by Gasteiger charge is 2.08. The Balaban J connectivity index is 2.09. The lowest BCUT2D eigenvalue weighted by Crippen LogP contribution is -2.02. The first-order valence-electron chi connectivity index (χ1n) is 6.27. The van der Waals surface area contributed by atoms with Crippen molar-refractivity contribution in [2.75, 3.05) is 0 Å². The second-order valence-electron chi connectivity index (χ2n) is 4.35. The van der Waals surface area contributed by atoms with Gasteiger partial charge in [-0.25, -0.2) is 0 Å². The molecule has 0 heterocycles. The lowest BCUT2D eigenvalue weighted by atomic mass is 9.89. The Morgan fingerprint density at radius 2 is 1.86 bits per heavy atom. The first-order chi connectivity index (χ1) is 6.93. The third-order valence-electron chi connectivity index (χ3n) is 3.00. The zero-order chi connectivity index (χ0) is 10.1. The summed E-state index contributed by atoms with van der Waals surface area (Å²) in [6.07, 6.45) is 20.2. The predicted molar refractivity (Wildman–Crippen MR) is 64.4 cm³/mol. The minimum atomic E-state index is 0.875. The SMILES string of the molecule is CCCCC=CC=CC1CCCCC1. The van der Waals surface area contributed by atoms with Gasteiger partial charge in [0.05, 0.1) is 0 Å². The van der Waals surface area contributed by atoms with E-state index >= 15 is 0 Å². The van der Waals surface area contributed by atoms with Crippen LogP contribution in [0.2, 0.25) is 0 Å². The molecule has 0 aliphatic heterocycles. The number of hydrogen-bond acceptors (Lipinski definition) is 0. The number of rotatable bonds is 5. The van der Waals surface area contributed by atoms with Crippen molar-refractivity contribution in [2.24, 2.45) is 5.92 Å². The Bertz CT molecular complexity index is 170. The van der Waals surface area contributed by atoms with Gasteiger partial charge in [0.25, 0.3) is 0 Å². The zero-order valence-corrected chi connectivity index (χ0v) is 9.54. The summed E-state index contributed by atoms with van der Waals surface area (Å²) >= 11 is 0. The highest BCUT2D eigenvalue weighted by atomic mass is 14.1.